The lowest BCUT2D eigenvalue weighted by Crippen LogP contribution is -2.37. The topological polar surface area (TPSA) is 67.4 Å². The minimum absolute atomic E-state index is 0.0362. The number of ether oxygens (including phenoxy) is 1. The molecule has 0 bridgehead atoms. The molecule has 2 aromatic rings. The SMILES string of the molecule is O=C(COc1ccccc1Cl)NCCNC(=O)c1ccccc1F. The standard InChI is InChI=1S/C17H16ClFN2O3/c18-13-6-2-4-8-15(13)24-11-16(22)20-9-10-21-17(23)12-5-1-3-7-14(12)19/h1-8H,9-11H2,(H,20,22)(H,21,23). The van der Waals surface area contributed by atoms with Crippen molar-refractivity contribution in [2.75, 3.05) is 19.7 Å². The Labute approximate surface area is 143 Å². The average Bonchev–Trinajstić information content (AvgIpc) is 2.58. The van der Waals surface area contributed by atoms with Gasteiger partial charge in [0.05, 0.1) is 10.6 Å². The Bertz CT molecular complexity index is 724. The van der Waals surface area contributed by atoms with Crippen LogP contribution in [0.3, 0.4) is 0 Å². The van der Waals surface area contributed by atoms with Gasteiger partial charge >= 0.3 is 0 Å². The molecule has 2 N–H and O–H groups in total. The van der Waals surface area contributed by atoms with E-state index in [9.17, 15) is 14.0 Å². The molecule has 24 heavy (non-hydrogen) atoms. The number of hydrogen-bond donors (Lipinski definition) is 2. The summed E-state index contributed by atoms with van der Waals surface area (Å²) in [6.45, 7) is 0.181. The molecule has 0 aliphatic carbocycles. The molecule has 0 saturated heterocycles. The van der Waals surface area contributed by atoms with Gasteiger partial charge in [0.15, 0.2) is 6.61 Å². The van der Waals surface area contributed by atoms with Crippen molar-refractivity contribution in [1.82, 2.24) is 10.6 Å². The summed E-state index contributed by atoms with van der Waals surface area (Å²) in [5, 5.41) is 5.52. The molecule has 0 atom stereocenters. The maximum Gasteiger partial charge on any atom is 0.258 e. The van der Waals surface area contributed by atoms with Crippen molar-refractivity contribution in [3.63, 3.8) is 0 Å². The van der Waals surface area contributed by atoms with Gasteiger partial charge in [-0.15, -0.1) is 0 Å². The maximum atomic E-state index is 13.4. The first kappa shape index (κ1) is 17.7. The van der Waals surface area contributed by atoms with Crippen LogP contribution in [0.25, 0.3) is 0 Å². The van der Waals surface area contributed by atoms with Crippen molar-refractivity contribution in [2.45, 2.75) is 0 Å². The molecule has 5 nitrogen and oxygen atoms in total. The van der Waals surface area contributed by atoms with E-state index in [4.69, 9.17) is 16.3 Å². The summed E-state index contributed by atoms with van der Waals surface area (Å²) >= 11 is 5.91. The van der Waals surface area contributed by atoms with Crippen molar-refractivity contribution in [3.8, 4) is 5.75 Å². The van der Waals surface area contributed by atoms with Crippen molar-refractivity contribution in [2.24, 2.45) is 0 Å². The summed E-state index contributed by atoms with van der Waals surface area (Å²) in [5.74, 6) is -1.06. The molecule has 0 aliphatic rings. The van der Waals surface area contributed by atoms with Gasteiger partial charge < -0.3 is 15.4 Å². The maximum absolute atomic E-state index is 13.4. The molecular formula is C17H16ClFN2O3. The van der Waals surface area contributed by atoms with Crippen molar-refractivity contribution in [1.29, 1.82) is 0 Å². The number of halogens is 2. The molecule has 0 fully saturated rings. The number of carbonyl (C=O) groups is 2. The van der Waals surface area contributed by atoms with Crippen LogP contribution in [0.15, 0.2) is 48.5 Å². The third-order valence-electron chi connectivity index (χ3n) is 3.05. The molecular weight excluding hydrogens is 335 g/mol. The molecule has 0 aromatic heterocycles. The number of amides is 2. The van der Waals surface area contributed by atoms with Crippen molar-refractivity contribution in [3.05, 3.63) is 64.9 Å². The molecule has 0 saturated carbocycles. The summed E-state index contributed by atoms with van der Waals surface area (Å²) < 4.78 is 18.7. The zero-order valence-corrected chi connectivity index (χ0v) is 13.5. The van der Waals surface area contributed by atoms with E-state index in [1.54, 1.807) is 30.3 Å². The Kier molecular flexibility index (Phi) is 6.57. The van der Waals surface area contributed by atoms with E-state index in [1.165, 1.54) is 18.2 Å². The van der Waals surface area contributed by atoms with Gasteiger partial charge in [0.25, 0.3) is 11.8 Å². The van der Waals surface area contributed by atoms with Crippen molar-refractivity contribution < 1.29 is 18.7 Å². The van der Waals surface area contributed by atoms with Crippen LogP contribution in [0.4, 0.5) is 4.39 Å². The number of rotatable bonds is 7. The Morgan fingerprint density at radius 3 is 2.42 bits per heavy atom. The number of para-hydroxylation sites is 1. The number of carbonyl (C=O) groups excluding carboxylic acids is 2. The Morgan fingerprint density at radius 1 is 1.00 bits per heavy atom. The van der Waals surface area contributed by atoms with E-state index < -0.39 is 11.7 Å². The third-order valence-corrected chi connectivity index (χ3v) is 3.36. The van der Waals surface area contributed by atoms with Crippen LogP contribution in [0.1, 0.15) is 10.4 Å². The highest BCUT2D eigenvalue weighted by Gasteiger charge is 2.10. The molecule has 2 amide bonds. The number of nitrogens with one attached hydrogen (secondary N) is 2. The van der Waals surface area contributed by atoms with Crippen LogP contribution in [0, 0.1) is 5.82 Å². The second-order valence-corrected chi connectivity index (χ2v) is 5.21. The molecule has 0 heterocycles. The molecule has 0 spiro atoms. The zero-order valence-electron chi connectivity index (χ0n) is 12.7. The molecule has 0 aliphatic heterocycles. The Morgan fingerprint density at radius 2 is 1.67 bits per heavy atom. The Hall–Kier alpha value is -2.60. The fourth-order valence-corrected chi connectivity index (χ4v) is 2.06. The summed E-state index contributed by atoms with van der Waals surface area (Å²) in [7, 11) is 0. The summed E-state index contributed by atoms with van der Waals surface area (Å²) in [6, 6.07) is 12.5. The van der Waals surface area contributed by atoms with E-state index in [0.29, 0.717) is 10.8 Å². The zero-order chi connectivity index (χ0) is 17.4. The Balaban J connectivity index is 1.67. The molecule has 2 aromatic carbocycles. The third kappa shape index (κ3) is 5.24. The predicted molar refractivity (Wildman–Crippen MR) is 88.7 cm³/mol. The van der Waals surface area contributed by atoms with Gasteiger partial charge in [-0.05, 0) is 24.3 Å². The molecule has 126 valence electrons. The largest absolute Gasteiger partial charge is 0.482 e. The lowest BCUT2D eigenvalue weighted by molar-refractivity contribution is -0.123. The quantitative estimate of drug-likeness (QED) is 0.753. The normalized spacial score (nSPS) is 10.1. The molecule has 7 heteroatoms. The fourth-order valence-electron chi connectivity index (χ4n) is 1.87. The van der Waals surface area contributed by atoms with Gasteiger partial charge in [0, 0.05) is 13.1 Å². The summed E-state index contributed by atoms with van der Waals surface area (Å²) in [6.07, 6.45) is 0. The van der Waals surface area contributed by atoms with Gasteiger partial charge in [-0.25, -0.2) is 4.39 Å². The van der Waals surface area contributed by atoms with E-state index in [1.807, 2.05) is 0 Å². The van der Waals surface area contributed by atoms with Gasteiger partial charge in [-0.1, -0.05) is 35.9 Å². The minimum Gasteiger partial charge on any atom is -0.482 e. The predicted octanol–water partition coefficient (Wildman–Crippen LogP) is 2.40. The highest BCUT2D eigenvalue weighted by Crippen LogP contribution is 2.22. The molecule has 2 rings (SSSR count). The first-order valence-electron chi connectivity index (χ1n) is 7.24. The van der Waals surface area contributed by atoms with Gasteiger partial charge in [0.1, 0.15) is 11.6 Å². The van der Waals surface area contributed by atoms with Crippen molar-refractivity contribution >= 4 is 23.4 Å². The van der Waals surface area contributed by atoms with Gasteiger partial charge in [0.2, 0.25) is 0 Å². The van der Waals surface area contributed by atoms with E-state index in [-0.39, 0.29) is 31.2 Å². The summed E-state index contributed by atoms with van der Waals surface area (Å²) in [4.78, 5) is 23.4. The van der Waals surface area contributed by atoms with E-state index >= 15 is 0 Å². The first-order valence-corrected chi connectivity index (χ1v) is 7.62. The number of benzene rings is 2. The van der Waals surface area contributed by atoms with Crippen LogP contribution in [0.5, 0.6) is 5.75 Å². The lowest BCUT2D eigenvalue weighted by Gasteiger charge is -2.09. The molecule has 0 radical (unpaired) electrons. The van der Waals surface area contributed by atoms with Crippen LogP contribution < -0.4 is 15.4 Å². The smallest absolute Gasteiger partial charge is 0.258 e. The van der Waals surface area contributed by atoms with Crippen LogP contribution in [-0.2, 0) is 4.79 Å². The lowest BCUT2D eigenvalue weighted by atomic mass is 10.2. The average molecular weight is 351 g/mol. The molecule has 0 unspecified atom stereocenters. The summed E-state index contributed by atoms with van der Waals surface area (Å²) in [5.41, 5.74) is -0.0362. The minimum atomic E-state index is -0.591. The van der Waals surface area contributed by atoms with Gasteiger partial charge in [-0.3, -0.25) is 9.59 Å². The second kappa shape index (κ2) is 8.88. The number of hydrogen-bond acceptors (Lipinski definition) is 3. The highest BCUT2D eigenvalue weighted by atomic mass is 35.5. The van der Waals surface area contributed by atoms with Crippen LogP contribution in [0.2, 0.25) is 5.02 Å². The van der Waals surface area contributed by atoms with Crippen LogP contribution in [-0.4, -0.2) is 31.5 Å². The van der Waals surface area contributed by atoms with E-state index in [0.717, 1.165) is 0 Å². The monoisotopic (exact) mass is 350 g/mol. The fraction of sp³-hybridized carbons (Fsp3) is 0.176. The highest BCUT2D eigenvalue weighted by molar-refractivity contribution is 6.32. The second-order valence-electron chi connectivity index (χ2n) is 4.80. The van der Waals surface area contributed by atoms with Gasteiger partial charge in [-0.2, -0.15) is 0 Å². The van der Waals surface area contributed by atoms with E-state index in [2.05, 4.69) is 10.6 Å². The first-order chi connectivity index (χ1) is 11.6. The van der Waals surface area contributed by atoms with Crippen LogP contribution >= 0.6 is 11.6 Å².